The summed E-state index contributed by atoms with van der Waals surface area (Å²) in [5.74, 6) is 2.08. The molecule has 1 N–H and O–H groups in total. The highest BCUT2D eigenvalue weighted by molar-refractivity contribution is 5.59. The molecule has 2 heterocycles. The van der Waals surface area contributed by atoms with Gasteiger partial charge in [0.25, 0.3) is 0 Å². The van der Waals surface area contributed by atoms with Crippen LogP contribution in [0.4, 0.5) is 11.6 Å². The largest absolute Gasteiger partial charge is 0.370 e. The van der Waals surface area contributed by atoms with Crippen molar-refractivity contribution < 1.29 is 0 Å². The fourth-order valence-electron chi connectivity index (χ4n) is 2.74. The number of piperazine rings is 1. The molecule has 0 saturated carbocycles. The Bertz CT molecular complexity index is 458. The van der Waals surface area contributed by atoms with Gasteiger partial charge in [0.05, 0.1) is 0 Å². The summed E-state index contributed by atoms with van der Waals surface area (Å²) < 4.78 is 0. The molecule has 1 aromatic heterocycles. The van der Waals surface area contributed by atoms with Crippen LogP contribution in [0, 0.1) is 0 Å². The summed E-state index contributed by atoms with van der Waals surface area (Å²) in [6, 6.07) is 0. The van der Waals surface area contributed by atoms with Gasteiger partial charge in [-0.05, 0) is 34.2 Å². The van der Waals surface area contributed by atoms with Crippen LogP contribution < -0.4 is 10.2 Å². The fourth-order valence-corrected chi connectivity index (χ4v) is 2.74. The highest BCUT2D eigenvalue weighted by Gasteiger charge is 2.32. The number of likely N-dealkylation sites (N-methyl/N-ethyl adjacent to an activating group) is 1. The highest BCUT2D eigenvalue weighted by Crippen LogP contribution is 2.28. The Morgan fingerprint density at radius 1 is 1.25 bits per heavy atom. The number of aromatic nitrogens is 2. The minimum absolute atomic E-state index is 0.173. The molecule has 0 atom stereocenters. The first-order valence-electron chi connectivity index (χ1n) is 7.53. The molecule has 0 unspecified atom stereocenters. The van der Waals surface area contributed by atoms with E-state index in [1.165, 1.54) is 5.56 Å². The molecule has 0 amide bonds. The third kappa shape index (κ3) is 2.87. The van der Waals surface area contributed by atoms with Crippen molar-refractivity contribution in [3.63, 3.8) is 0 Å². The molecule has 0 aromatic carbocycles. The molecule has 1 aliphatic rings. The molecule has 5 nitrogen and oxygen atoms in total. The van der Waals surface area contributed by atoms with Crippen LogP contribution in [0.2, 0.25) is 0 Å². The van der Waals surface area contributed by atoms with Crippen LogP contribution in [-0.4, -0.2) is 53.6 Å². The molecule has 20 heavy (non-hydrogen) atoms. The van der Waals surface area contributed by atoms with Crippen molar-refractivity contribution in [1.82, 2.24) is 14.9 Å². The lowest BCUT2D eigenvalue weighted by atomic mass is 9.99. The Morgan fingerprint density at radius 2 is 2.00 bits per heavy atom. The van der Waals surface area contributed by atoms with Crippen LogP contribution in [-0.2, 0) is 6.42 Å². The Hall–Kier alpha value is -1.36. The van der Waals surface area contributed by atoms with Gasteiger partial charge in [0, 0.05) is 37.3 Å². The van der Waals surface area contributed by atoms with E-state index in [4.69, 9.17) is 0 Å². The van der Waals surface area contributed by atoms with Crippen molar-refractivity contribution in [2.24, 2.45) is 0 Å². The van der Waals surface area contributed by atoms with E-state index in [1.54, 1.807) is 6.33 Å². The molecule has 0 radical (unpaired) electrons. The van der Waals surface area contributed by atoms with Crippen LogP contribution in [0.3, 0.4) is 0 Å². The van der Waals surface area contributed by atoms with Gasteiger partial charge in [0.15, 0.2) is 0 Å². The summed E-state index contributed by atoms with van der Waals surface area (Å²) in [5.41, 5.74) is 1.40. The van der Waals surface area contributed by atoms with E-state index in [0.29, 0.717) is 0 Å². The van der Waals surface area contributed by atoms with Gasteiger partial charge in [-0.1, -0.05) is 6.92 Å². The van der Waals surface area contributed by atoms with Gasteiger partial charge in [-0.15, -0.1) is 0 Å². The average molecular weight is 277 g/mol. The van der Waals surface area contributed by atoms with E-state index in [0.717, 1.165) is 44.2 Å². The predicted molar refractivity (Wildman–Crippen MR) is 84.5 cm³/mol. The SMILES string of the molecule is CCNc1ncnc(N2CCN(C)C(C)(C)C2)c1CC. The smallest absolute Gasteiger partial charge is 0.137 e. The van der Waals surface area contributed by atoms with E-state index in [1.807, 2.05) is 0 Å². The third-order valence-corrected chi connectivity index (χ3v) is 4.24. The number of hydrogen-bond acceptors (Lipinski definition) is 5. The maximum atomic E-state index is 4.56. The van der Waals surface area contributed by atoms with Crippen molar-refractivity contribution in [3.05, 3.63) is 11.9 Å². The van der Waals surface area contributed by atoms with E-state index in [9.17, 15) is 0 Å². The van der Waals surface area contributed by atoms with Crippen molar-refractivity contribution in [2.75, 3.05) is 43.4 Å². The lowest BCUT2D eigenvalue weighted by Gasteiger charge is -2.46. The maximum absolute atomic E-state index is 4.56. The monoisotopic (exact) mass is 277 g/mol. The van der Waals surface area contributed by atoms with E-state index in [-0.39, 0.29) is 5.54 Å². The summed E-state index contributed by atoms with van der Waals surface area (Å²) in [4.78, 5) is 13.8. The normalized spacial score (nSPS) is 19.1. The first-order chi connectivity index (χ1) is 9.49. The number of hydrogen-bond donors (Lipinski definition) is 1. The maximum Gasteiger partial charge on any atom is 0.137 e. The Balaban J connectivity index is 2.31. The minimum atomic E-state index is 0.173. The van der Waals surface area contributed by atoms with E-state index < -0.39 is 0 Å². The molecular formula is C15H27N5. The first kappa shape index (κ1) is 15.0. The Kier molecular flexibility index (Phi) is 4.48. The summed E-state index contributed by atoms with van der Waals surface area (Å²) in [5, 5.41) is 3.35. The molecule has 0 aliphatic carbocycles. The summed E-state index contributed by atoms with van der Waals surface area (Å²) in [6.45, 7) is 12.8. The number of anilines is 2. The number of rotatable bonds is 4. The second-order valence-corrected chi connectivity index (χ2v) is 6.06. The molecule has 1 aliphatic heterocycles. The van der Waals surface area contributed by atoms with Crippen molar-refractivity contribution in [2.45, 2.75) is 39.7 Å². The minimum Gasteiger partial charge on any atom is -0.370 e. The van der Waals surface area contributed by atoms with Crippen LogP contribution in [0.1, 0.15) is 33.3 Å². The van der Waals surface area contributed by atoms with Crippen molar-refractivity contribution in [3.8, 4) is 0 Å². The summed E-state index contributed by atoms with van der Waals surface area (Å²) in [7, 11) is 2.20. The molecule has 2 rings (SSSR count). The molecular weight excluding hydrogens is 250 g/mol. The van der Waals surface area contributed by atoms with Gasteiger partial charge in [-0.2, -0.15) is 0 Å². The summed E-state index contributed by atoms with van der Waals surface area (Å²) >= 11 is 0. The lowest BCUT2D eigenvalue weighted by Crippen LogP contribution is -2.58. The van der Waals surface area contributed by atoms with Gasteiger partial charge in [0.2, 0.25) is 0 Å². The molecule has 0 bridgehead atoms. The Morgan fingerprint density at radius 3 is 2.60 bits per heavy atom. The van der Waals surface area contributed by atoms with E-state index >= 15 is 0 Å². The second kappa shape index (κ2) is 5.95. The zero-order chi connectivity index (χ0) is 14.8. The van der Waals surface area contributed by atoms with Gasteiger partial charge < -0.3 is 10.2 Å². The molecule has 112 valence electrons. The Labute approximate surface area is 122 Å². The molecule has 1 fully saturated rings. The number of nitrogens with one attached hydrogen (secondary N) is 1. The lowest BCUT2D eigenvalue weighted by molar-refractivity contribution is 0.138. The van der Waals surface area contributed by atoms with Crippen LogP contribution in [0.25, 0.3) is 0 Å². The van der Waals surface area contributed by atoms with Crippen molar-refractivity contribution >= 4 is 11.6 Å². The zero-order valence-corrected chi connectivity index (χ0v) is 13.4. The van der Waals surface area contributed by atoms with Crippen molar-refractivity contribution in [1.29, 1.82) is 0 Å². The van der Waals surface area contributed by atoms with Gasteiger partial charge >= 0.3 is 0 Å². The topological polar surface area (TPSA) is 44.3 Å². The zero-order valence-electron chi connectivity index (χ0n) is 13.4. The first-order valence-corrected chi connectivity index (χ1v) is 7.53. The van der Waals surface area contributed by atoms with Crippen LogP contribution >= 0.6 is 0 Å². The van der Waals surface area contributed by atoms with Crippen LogP contribution in [0.5, 0.6) is 0 Å². The van der Waals surface area contributed by atoms with Gasteiger partial charge in [0.1, 0.15) is 18.0 Å². The van der Waals surface area contributed by atoms with E-state index in [2.05, 4.69) is 59.8 Å². The highest BCUT2D eigenvalue weighted by atomic mass is 15.3. The molecule has 1 saturated heterocycles. The average Bonchev–Trinajstić information content (AvgIpc) is 2.42. The quantitative estimate of drug-likeness (QED) is 0.912. The summed E-state index contributed by atoms with van der Waals surface area (Å²) in [6.07, 6.45) is 2.63. The van der Waals surface area contributed by atoms with Gasteiger partial charge in [-0.3, -0.25) is 4.90 Å². The van der Waals surface area contributed by atoms with Gasteiger partial charge in [-0.25, -0.2) is 9.97 Å². The second-order valence-electron chi connectivity index (χ2n) is 6.06. The molecule has 0 spiro atoms. The van der Waals surface area contributed by atoms with Crippen LogP contribution in [0.15, 0.2) is 6.33 Å². The predicted octanol–water partition coefficient (Wildman–Crippen LogP) is 2.00. The third-order valence-electron chi connectivity index (χ3n) is 4.24. The standard InChI is InChI=1S/C15H27N5/c1-6-12-13(16-7-2)17-11-18-14(12)20-9-8-19(5)15(3,4)10-20/h11H,6-10H2,1-5H3,(H,16,17,18). The fraction of sp³-hybridized carbons (Fsp3) is 0.733. The number of nitrogens with zero attached hydrogens (tertiary/aromatic N) is 4. The molecule has 1 aromatic rings. The molecule has 5 heteroatoms.